The molecule has 2 rings (SSSR count). The van der Waals surface area contributed by atoms with E-state index in [0.717, 1.165) is 19.4 Å². The summed E-state index contributed by atoms with van der Waals surface area (Å²) in [5.74, 6) is -0.170. The molecule has 0 aliphatic carbocycles. The van der Waals surface area contributed by atoms with Gasteiger partial charge in [-0.1, -0.05) is 0 Å². The predicted octanol–water partition coefficient (Wildman–Crippen LogP) is 1.41. The van der Waals surface area contributed by atoms with Crippen LogP contribution < -0.4 is 0 Å². The SMILES string of the molecule is O=C(O)CCc1coc(CC2CCCO2)n1. The molecular weight excluding hydrogens is 210 g/mol. The van der Waals surface area contributed by atoms with Gasteiger partial charge in [0.05, 0.1) is 24.6 Å². The first-order valence-corrected chi connectivity index (χ1v) is 5.50. The van der Waals surface area contributed by atoms with Gasteiger partial charge in [-0.05, 0) is 12.8 Å². The number of oxazole rings is 1. The van der Waals surface area contributed by atoms with Crippen LogP contribution in [0.3, 0.4) is 0 Å². The summed E-state index contributed by atoms with van der Waals surface area (Å²) in [6.07, 6.45) is 5.09. The average Bonchev–Trinajstić information content (AvgIpc) is 2.87. The van der Waals surface area contributed by atoms with Crippen molar-refractivity contribution in [1.29, 1.82) is 0 Å². The molecule has 1 fully saturated rings. The molecule has 1 atom stereocenters. The van der Waals surface area contributed by atoms with E-state index in [2.05, 4.69) is 4.98 Å². The molecular formula is C11H15NO4. The maximum atomic E-state index is 10.4. The topological polar surface area (TPSA) is 72.6 Å². The Labute approximate surface area is 93.4 Å². The Morgan fingerprint density at radius 3 is 3.19 bits per heavy atom. The standard InChI is InChI=1S/C11H15NO4/c13-11(14)4-3-8-7-16-10(12-8)6-9-2-1-5-15-9/h7,9H,1-6H2,(H,13,14). The van der Waals surface area contributed by atoms with Crippen molar-refractivity contribution in [2.24, 2.45) is 0 Å². The van der Waals surface area contributed by atoms with Gasteiger partial charge in [-0.25, -0.2) is 4.98 Å². The van der Waals surface area contributed by atoms with Crippen molar-refractivity contribution in [1.82, 2.24) is 4.98 Å². The van der Waals surface area contributed by atoms with Crippen LogP contribution in [0.4, 0.5) is 0 Å². The molecule has 5 nitrogen and oxygen atoms in total. The molecule has 1 N–H and O–H groups in total. The van der Waals surface area contributed by atoms with E-state index in [4.69, 9.17) is 14.3 Å². The number of carboxylic acid groups (broad SMARTS) is 1. The highest BCUT2D eigenvalue weighted by Gasteiger charge is 2.18. The second-order valence-corrected chi connectivity index (χ2v) is 3.97. The van der Waals surface area contributed by atoms with Crippen LogP contribution in [0.1, 0.15) is 30.8 Å². The van der Waals surface area contributed by atoms with E-state index in [9.17, 15) is 4.79 Å². The second kappa shape index (κ2) is 5.12. The van der Waals surface area contributed by atoms with E-state index in [-0.39, 0.29) is 12.5 Å². The summed E-state index contributed by atoms with van der Waals surface area (Å²) >= 11 is 0. The number of nitrogens with zero attached hydrogens (tertiary/aromatic N) is 1. The molecule has 1 aromatic heterocycles. The van der Waals surface area contributed by atoms with Crippen LogP contribution in [-0.4, -0.2) is 28.8 Å². The van der Waals surface area contributed by atoms with Crippen molar-refractivity contribution >= 4 is 5.97 Å². The van der Waals surface area contributed by atoms with Crippen molar-refractivity contribution in [3.05, 3.63) is 17.8 Å². The fourth-order valence-electron chi connectivity index (χ4n) is 1.79. The Hall–Kier alpha value is -1.36. The Kier molecular flexibility index (Phi) is 3.56. The lowest BCUT2D eigenvalue weighted by molar-refractivity contribution is -0.136. The van der Waals surface area contributed by atoms with Crippen molar-refractivity contribution in [2.45, 2.75) is 38.2 Å². The van der Waals surface area contributed by atoms with Crippen molar-refractivity contribution in [3.8, 4) is 0 Å². The highest BCUT2D eigenvalue weighted by molar-refractivity contribution is 5.66. The van der Waals surface area contributed by atoms with E-state index < -0.39 is 5.97 Å². The molecule has 0 bridgehead atoms. The highest BCUT2D eigenvalue weighted by Crippen LogP contribution is 2.17. The number of aromatic nitrogens is 1. The molecule has 1 aliphatic rings. The number of rotatable bonds is 5. The zero-order valence-electron chi connectivity index (χ0n) is 9.02. The van der Waals surface area contributed by atoms with Crippen molar-refractivity contribution < 1.29 is 19.1 Å². The zero-order valence-corrected chi connectivity index (χ0v) is 9.02. The first-order valence-electron chi connectivity index (χ1n) is 5.50. The van der Waals surface area contributed by atoms with Crippen LogP contribution in [0, 0.1) is 0 Å². The molecule has 0 amide bonds. The summed E-state index contributed by atoms with van der Waals surface area (Å²) in [7, 11) is 0. The number of aryl methyl sites for hydroxylation is 1. The Bertz CT molecular complexity index is 355. The molecule has 0 aromatic carbocycles. The van der Waals surface area contributed by atoms with Crippen molar-refractivity contribution in [3.63, 3.8) is 0 Å². The number of aliphatic carboxylic acids is 1. The van der Waals surface area contributed by atoms with Gasteiger partial charge in [0, 0.05) is 13.0 Å². The summed E-state index contributed by atoms with van der Waals surface area (Å²) in [5, 5.41) is 8.53. The summed E-state index contributed by atoms with van der Waals surface area (Å²) in [6.45, 7) is 0.817. The second-order valence-electron chi connectivity index (χ2n) is 3.97. The zero-order chi connectivity index (χ0) is 11.4. The van der Waals surface area contributed by atoms with Crippen LogP contribution in [0.5, 0.6) is 0 Å². The number of hydrogen-bond donors (Lipinski definition) is 1. The van der Waals surface area contributed by atoms with Gasteiger partial charge in [-0.3, -0.25) is 4.79 Å². The van der Waals surface area contributed by atoms with Crippen LogP contribution in [0.2, 0.25) is 0 Å². The van der Waals surface area contributed by atoms with Gasteiger partial charge in [0.25, 0.3) is 0 Å². The molecule has 1 aromatic rings. The molecule has 0 saturated carbocycles. The normalized spacial score (nSPS) is 20.1. The van der Waals surface area contributed by atoms with Crippen LogP contribution in [0.25, 0.3) is 0 Å². The van der Waals surface area contributed by atoms with E-state index in [0.29, 0.717) is 24.4 Å². The number of ether oxygens (including phenoxy) is 1. The van der Waals surface area contributed by atoms with E-state index in [1.807, 2.05) is 0 Å². The van der Waals surface area contributed by atoms with E-state index >= 15 is 0 Å². The molecule has 2 heterocycles. The molecule has 1 unspecified atom stereocenters. The molecule has 16 heavy (non-hydrogen) atoms. The monoisotopic (exact) mass is 225 g/mol. The van der Waals surface area contributed by atoms with Gasteiger partial charge < -0.3 is 14.3 Å². The number of carbonyl (C=O) groups is 1. The Morgan fingerprint density at radius 2 is 2.50 bits per heavy atom. The minimum Gasteiger partial charge on any atom is -0.481 e. The summed E-state index contributed by atoms with van der Waals surface area (Å²) in [5.41, 5.74) is 0.704. The van der Waals surface area contributed by atoms with E-state index in [1.54, 1.807) is 0 Å². The van der Waals surface area contributed by atoms with Crippen molar-refractivity contribution in [2.75, 3.05) is 6.61 Å². The third-order valence-electron chi connectivity index (χ3n) is 2.62. The molecule has 1 aliphatic heterocycles. The Balaban J connectivity index is 1.84. The summed E-state index contributed by atoms with van der Waals surface area (Å²) < 4.78 is 10.7. The lowest BCUT2D eigenvalue weighted by Gasteiger charge is -2.04. The largest absolute Gasteiger partial charge is 0.481 e. The maximum Gasteiger partial charge on any atom is 0.303 e. The molecule has 1 saturated heterocycles. The van der Waals surface area contributed by atoms with Gasteiger partial charge in [-0.2, -0.15) is 0 Å². The lowest BCUT2D eigenvalue weighted by Crippen LogP contribution is -2.09. The fourth-order valence-corrected chi connectivity index (χ4v) is 1.79. The number of carboxylic acids is 1. The first-order chi connectivity index (χ1) is 7.74. The molecule has 88 valence electrons. The van der Waals surface area contributed by atoms with Gasteiger partial charge in [-0.15, -0.1) is 0 Å². The van der Waals surface area contributed by atoms with Gasteiger partial charge >= 0.3 is 5.97 Å². The van der Waals surface area contributed by atoms with Crippen LogP contribution in [-0.2, 0) is 22.4 Å². The minimum atomic E-state index is -0.816. The smallest absolute Gasteiger partial charge is 0.303 e. The predicted molar refractivity (Wildman–Crippen MR) is 55.1 cm³/mol. The van der Waals surface area contributed by atoms with Gasteiger partial charge in [0.2, 0.25) is 0 Å². The molecule has 0 spiro atoms. The van der Waals surface area contributed by atoms with Gasteiger partial charge in [0.15, 0.2) is 5.89 Å². The third-order valence-corrected chi connectivity index (χ3v) is 2.62. The van der Waals surface area contributed by atoms with Gasteiger partial charge in [0.1, 0.15) is 6.26 Å². The average molecular weight is 225 g/mol. The Morgan fingerprint density at radius 1 is 1.62 bits per heavy atom. The summed E-state index contributed by atoms with van der Waals surface area (Å²) in [6, 6.07) is 0. The van der Waals surface area contributed by atoms with Crippen LogP contribution >= 0.6 is 0 Å². The maximum absolute atomic E-state index is 10.4. The fraction of sp³-hybridized carbons (Fsp3) is 0.636. The third kappa shape index (κ3) is 3.06. The minimum absolute atomic E-state index is 0.0892. The lowest BCUT2D eigenvalue weighted by atomic mass is 10.2. The highest BCUT2D eigenvalue weighted by atomic mass is 16.5. The summed E-state index contributed by atoms with van der Waals surface area (Å²) in [4.78, 5) is 14.6. The van der Waals surface area contributed by atoms with E-state index in [1.165, 1.54) is 6.26 Å². The van der Waals surface area contributed by atoms with Crippen LogP contribution in [0.15, 0.2) is 10.7 Å². The number of hydrogen-bond acceptors (Lipinski definition) is 4. The molecule has 5 heteroatoms. The first kappa shape index (κ1) is 11.1. The quantitative estimate of drug-likeness (QED) is 0.820. The molecule has 0 radical (unpaired) electrons.